The van der Waals surface area contributed by atoms with Crippen LogP contribution in [0.4, 0.5) is 0 Å². The van der Waals surface area contributed by atoms with Crippen LogP contribution in [0.5, 0.6) is 11.5 Å². The Hall–Kier alpha value is -2.23. The molecule has 1 aliphatic heterocycles. The Morgan fingerprint density at radius 3 is 2.49 bits per heavy atom. The Morgan fingerprint density at radius 1 is 1.11 bits per heavy atom. The summed E-state index contributed by atoms with van der Waals surface area (Å²) in [4.78, 5) is 25.2. The topological polar surface area (TPSA) is 108 Å². The van der Waals surface area contributed by atoms with Gasteiger partial charge in [0.25, 0.3) is 5.91 Å². The van der Waals surface area contributed by atoms with E-state index >= 15 is 0 Å². The van der Waals surface area contributed by atoms with Gasteiger partial charge in [-0.05, 0) is 50.1 Å². The number of aliphatic hydroxyl groups is 1. The molecule has 0 radical (unpaired) electrons. The summed E-state index contributed by atoms with van der Waals surface area (Å²) >= 11 is 18.2. The normalized spacial score (nSPS) is 15.5. The van der Waals surface area contributed by atoms with E-state index in [-0.39, 0.29) is 35.6 Å². The molecule has 2 aromatic carbocycles. The number of amides is 1. The summed E-state index contributed by atoms with van der Waals surface area (Å²) in [6.45, 7) is 3.48. The van der Waals surface area contributed by atoms with Gasteiger partial charge in [0.2, 0.25) is 0 Å². The van der Waals surface area contributed by atoms with Gasteiger partial charge in [-0.3, -0.25) is 4.79 Å². The lowest BCUT2D eigenvalue weighted by atomic mass is 10.1. The number of carboxylic acid groups (broad SMARTS) is 1. The number of likely N-dealkylation sites (tertiary alicyclic amines) is 1. The van der Waals surface area contributed by atoms with Crippen LogP contribution in [0.2, 0.25) is 15.1 Å². The summed E-state index contributed by atoms with van der Waals surface area (Å²) in [5.74, 6) is -0.758. The van der Waals surface area contributed by atoms with Crippen LogP contribution >= 0.6 is 34.8 Å². The molecule has 2 aromatic rings. The van der Waals surface area contributed by atoms with E-state index in [9.17, 15) is 14.7 Å². The average Bonchev–Trinajstić information content (AvgIpc) is 2.83. The van der Waals surface area contributed by atoms with Crippen LogP contribution in [0.1, 0.15) is 28.8 Å². The van der Waals surface area contributed by atoms with Gasteiger partial charge in [-0.15, -0.1) is 0 Å². The maximum Gasteiger partial charge on any atom is 0.335 e. The number of aromatic carboxylic acids is 1. The number of hydrogen-bond donors (Lipinski definition) is 3. The van der Waals surface area contributed by atoms with Gasteiger partial charge in [0.1, 0.15) is 17.6 Å². The molecule has 0 saturated carbocycles. The lowest BCUT2D eigenvalue weighted by Gasteiger charge is -2.33. The first kappa shape index (κ1) is 27.4. The average molecular weight is 546 g/mol. The van der Waals surface area contributed by atoms with E-state index in [2.05, 4.69) is 10.2 Å². The van der Waals surface area contributed by atoms with Crippen molar-refractivity contribution in [1.29, 1.82) is 0 Å². The summed E-state index contributed by atoms with van der Waals surface area (Å²) < 4.78 is 11.4. The quantitative estimate of drug-likeness (QED) is 0.413. The number of halogens is 3. The molecule has 1 heterocycles. The molecular formula is C24H27Cl3N2O6. The van der Waals surface area contributed by atoms with Crippen LogP contribution in [0, 0.1) is 6.92 Å². The highest BCUT2D eigenvalue weighted by molar-refractivity contribution is 6.42. The number of piperidine rings is 1. The third-order valence-electron chi connectivity index (χ3n) is 5.66. The van der Waals surface area contributed by atoms with Gasteiger partial charge in [-0.2, -0.15) is 0 Å². The minimum absolute atomic E-state index is 0.00139. The SMILES string of the molecule is Cc1c(OC2CCN(C[C@H](O)CNC(=O)COc3cc(C(=O)O)ccc3Cl)CC2)ccc(Cl)c1Cl. The molecule has 0 unspecified atom stereocenters. The summed E-state index contributed by atoms with van der Waals surface area (Å²) in [5.41, 5.74) is 0.815. The zero-order valence-electron chi connectivity index (χ0n) is 19.1. The number of ether oxygens (including phenoxy) is 2. The van der Waals surface area contributed by atoms with Crippen molar-refractivity contribution in [2.24, 2.45) is 0 Å². The second kappa shape index (κ2) is 12.6. The van der Waals surface area contributed by atoms with Gasteiger partial charge in [0, 0.05) is 31.7 Å². The van der Waals surface area contributed by atoms with Crippen LogP contribution in [0.25, 0.3) is 0 Å². The van der Waals surface area contributed by atoms with E-state index in [1.165, 1.54) is 18.2 Å². The van der Waals surface area contributed by atoms with Gasteiger partial charge in [0.05, 0.1) is 26.7 Å². The molecule has 0 spiro atoms. The summed E-state index contributed by atoms with van der Waals surface area (Å²) in [6.07, 6.45) is 0.876. The number of carboxylic acids is 1. The minimum Gasteiger partial charge on any atom is -0.490 e. The van der Waals surface area contributed by atoms with Crippen molar-refractivity contribution in [3.63, 3.8) is 0 Å². The Balaban J connectivity index is 1.36. The van der Waals surface area contributed by atoms with E-state index in [0.29, 0.717) is 16.6 Å². The van der Waals surface area contributed by atoms with Crippen molar-refractivity contribution >= 4 is 46.7 Å². The number of benzene rings is 2. The molecular weight excluding hydrogens is 519 g/mol. The zero-order valence-corrected chi connectivity index (χ0v) is 21.4. The van der Waals surface area contributed by atoms with Crippen LogP contribution in [0.3, 0.4) is 0 Å². The number of carbonyl (C=O) groups is 2. The maximum absolute atomic E-state index is 12.1. The summed E-state index contributed by atoms with van der Waals surface area (Å²) in [7, 11) is 0. The smallest absolute Gasteiger partial charge is 0.335 e. The van der Waals surface area contributed by atoms with E-state index in [0.717, 1.165) is 37.2 Å². The number of rotatable bonds is 10. The molecule has 3 N–H and O–H groups in total. The fourth-order valence-corrected chi connectivity index (χ4v) is 4.22. The number of nitrogens with one attached hydrogen (secondary N) is 1. The molecule has 0 bridgehead atoms. The fourth-order valence-electron chi connectivity index (χ4n) is 3.69. The molecule has 11 heteroatoms. The molecule has 3 rings (SSSR count). The van der Waals surface area contributed by atoms with Crippen molar-refractivity contribution in [2.75, 3.05) is 32.8 Å². The van der Waals surface area contributed by atoms with E-state index in [1.807, 2.05) is 13.0 Å². The molecule has 35 heavy (non-hydrogen) atoms. The van der Waals surface area contributed by atoms with Crippen LogP contribution < -0.4 is 14.8 Å². The Kier molecular flexibility index (Phi) is 9.89. The first-order valence-electron chi connectivity index (χ1n) is 11.1. The second-order valence-corrected chi connectivity index (χ2v) is 9.49. The van der Waals surface area contributed by atoms with E-state index in [1.54, 1.807) is 6.07 Å². The van der Waals surface area contributed by atoms with Gasteiger partial charge in [-0.25, -0.2) is 4.79 Å². The van der Waals surface area contributed by atoms with Gasteiger partial charge in [-0.1, -0.05) is 34.8 Å². The van der Waals surface area contributed by atoms with Crippen LogP contribution in [-0.2, 0) is 4.79 Å². The molecule has 190 valence electrons. The zero-order chi connectivity index (χ0) is 25.5. The molecule has 1 atom stereocenters. The number of hydrogen-bond acceptors (Lipinski definition) is 6. The Labute approximate surface area is 218 Å². The molecule has 0 aliphatic carbocycles. The molecule has 1 amide bonds. The maximum atomic E-state index is 12.1. The minimum atomic E-state index is -1.13. The lowest BCUT2D eigenvalue weighted by molar-refractivity contribution is -0.123. The van der Waals surface area contributed by atoms with Crippen molar-refractivity contribution < 1.29 is 29.3 Å². The second-order valence-electron chi connectivity index (χ2n) is 8.30. The first-order chi connectivity index (χ1) is 16.6. The number of nitrogens with zero attached hydrogens (tertiary/aromatic N) is 1. The fraction of sp³-hybridized carbons (Fsp3) is 0.417. The Bertz CT molecular complexity index is 1060. The predicted octanol–water partition coefficient (Wildman–Crippen LogP) is 4.05. The molecule has 0 aromatic heterocycles. The van der Waals surface area contributed by atoms with Crippen molar-refractivity contribution in [2.45, 2.75) is 32.0 Å². The lowest BCUT2D eigenvalue weighted by Crippen LogP contribution is -2.45. The van der Waals surface area contributed by atoms with Crippen molar-refractivity contribution in [3.05, 3.63) is 56.5 Å². The molecule has 1 fully saturated rings. The third-order valence-corrected chi connectivity index (χ3v) is 6.87. The number of carbonyl (C=O) groups excluding carboxylic acids is 1. The van der Waals surface area contributed by atoms with E-state index < -0.39 is 18.0 Å². The standard InChI is InChI=1S/C24H27Cl3N2O6/c1-14-20(5-4-19(26)23(14)27)35-17-6-8-29(9-7-17)12-16(30)11-28-22(31)13-34-21-10-15(24(32)33)2-3-18(21)25/h2-5,10,16-17,30H,6-9,11-13H2,1H3,(H,28,31)(H,32,33)/t16-/m1/s1. The molecule has 1 aliphatic rings. The monoisotopic (exact) mass is 544 g/mol. The summed E-state index contributed by atoms with van der Waals surface area (Å²) in [5, 5.41) is 23.2. The number of aliphatic hydroxyl groups excluding tert-OH is 1. The van der Waals surface area contributed by atoms with Crippen LogP contribution in [0.15, 0.2) is 30.3 Å². The predicted molar refractivity (Wildman–Crippen MR) is 134 cm³/mol. The molecule has 1 saturated heterocycles. The summed E-state index contributed by atoms with van der Waals surface area (Å²) in [6, 6.07) is 7.53. The van der Waals surface area contributed by atoms with Gasteiger partial charge in [0.15, 0.2) is 6.61 Å². The first-order valence-corrected chi connectivity index (χ1v) is 12.2. The van der Waals surface area contributed by atoms with Crippen molar-refractivity contribution in [3.8, 4) is 11.5 Å². The highest BCUT2D eigenvalue weighted by Gasteiger charge is 2.23. The third kappa shape index (κ3) is 7.88. The van der Waals surface area contributed by atoms with E-state index in [4.69, 9.17) is 49.4 Å². The van der Waals surface area contributed by atoms with Gasteiger partial charge >= 0.3 is 5.97 Å². The Morgan fingerprint density at radius 2 is 1.80 bits per heavy atom. The highest BCUT2D eigenvalue weighted by Crippen LogP contribution is 2.33. The highest BCUT2D eigenvalue weighted by atomic mass is 35.5. The van der Waals surface area contributed by atoms with Crippen molar-refractivity contribution in [1.82, 2.24) is 10.2 Å². The largest absolute Gasteiger partial charge is 0.490 e. The van der Waals surface area contributed by atoms with Crippen LogP contribution in [-0.4, -0.2) is 72.0 Å². The molecule has 8 nitrogen and oxygen atoms in total. The van der Waals surface area contributed by atoms with Gasteiger partial charge < -0.3 is 29.9 Å². The number of β-amino-alcohol motifs (C(OH)–C–C–N with tert-alkyl or cyclic N) is 1.